The van der Waals surface area contributed by atoms with Gasteiger partial charge in [-0.1, -0.05) is 34.1 Å². The number of hydrogen-bond donors (Lipinski definition) is 20. The maximum atomic E-state index is 14.4. The Morgan fingerprint density at radius 2 is 0.708 bits per heavy atom. The molecule has 0 bridgehead atoms. The topological polar surface area (TPSA) is 664 Å². The molecule has 0 fully saturated rings. The van der Waals surface area contributed by atoms with Crippen LogP contribution >= 0.6 is 0 Å². The molecule has 0 aromatic heterocycles. The zero-order valence-electron chi connectivity index (χ0n) is 50.8. The minimum Gasteiger partial charge on any atom is -0.481 e. The Hall–Kier alpha value is -9.45. The second-order valence-electron chi connectivity index (χ2n) is 21.5. The Morgan fingerprint density at radius 3 is 1.06 bits per heavy atom. The zero-order chi connectivity index (χ0) is 68.2. The fourth-order valence-corrected chi connectivity index (χ4v) is 8.13. The monoisotopic (exact) mass is 1270 g/mol. The third kappa shape index (κ3) is 34.5. The van der Waals surface area contributed by atoms with Crippen LogP contribution in [0.1, 0.15) is 137 Å². The largest absolute Gasteiger partial charge is 0.481 e. The van der Waals surface area contributed by atoms with Crippen LogP contribution in [-0.4, -0.2) is 184 Å². The van der Waals surface area contributed by atoms with Crippen molar-refractivity contribution in [2.45, 2.75) is 198 Å². The van der Waals surface area contributed by atoms with Gasteiger partial charge in [-0.05, 0) is 83.0 Å². The summed E-state index contributed by atoms with van der Waals surface area (Å²) < 4.78 is 0. The second-order valence-corrected chi connectivity index (χ2v) is 21.5. The van der Waals surface area contributed by atoms with E-state index in [0.29, 0.717) is 0 Å². The number of carbonyl (C=O) groups is 15. The smallest absolute Gasteiger partial charge is 0.326 e. The van der Waals surface area contributed by atoms with E-state index in [2.05, 4.69) is 57.8 Å². The van der Waals surface area contributed by atoms with Gasteiger partial charge in [0.05, 0.1) is 6.04 Å². The van der Waals surface area contributed by atoms with Crippen molar-refractivity contribution < 1.29 is 82.1 Å². The summed E-state index contributed by atoms with van der Waals surface area (Å²) in [4.78, 5) is 203. The van der Waals surface area contributed by atoms with Crippen molar-refractivity contribution in [1.29, 1.82) is 0 Å². The minimum atomic E-state index is -1.72. The number of rotatable bonds is 46. The van der Waals surface area contributed by atoms with Crippen molar-refractivity contribution in [1.82, 2.24) is 47.9 Å². The Morgan fingerprint density at radius 1 is 0.382 bits per heavy atom. The lowest BCUT2D eigenvalue weighted by molar-refractivity contribution is -0.142. The molecule has 502 valence electrons. The number of nitrogens with two attached hydrogens (primary N) is 9. The molecule has 0 radical (unpaired) electrons. The van der Waals surface area contributed by atoms with E-state index in [1.54, 1.807) is 20.8 Å². The highest BCUT2D eigenvalue weighted by molar-refractivity contribution is 5.99. The van der Waals surface area contributed by atoms with E-state index in [1.807, 2.05) is 0 Å². The molecule has 0 aromatic carbocycles. The van der Waals surface area contributed by atoms with E-state index >= 15 is 0 Å². The number of hydrogen-bond acceptors (Lipinski definition) is 18. The number of nitrogens with one attached hydrogen (secondary N) is 9. The minimum absolute atomic E-state index is 0.0305. The highest BCUT2D eigenvalue weighted by atomic mass is 16.4. The van der Waals surface area contributed by atoms with Crippen molar-refractivity contribution in [3.63, 3.8) is 0 Å². The van der Waals surface area contributed by atoms with Crippen molar-refractivity contribution in [3.05, 3.63) is 0 Å². The van der Waals surface area contributed by atoms with Crippen molar-refractivity contribution in [3.8, 4) is 0 Å². The average molecular weight is 1270 g/mol. The molecule has 0 aromatic rings. The number of aliphatic imine (C=N–C) groups is 2. The third-order valence-corrected chi connectivity index (χ3v) is 13.3. The van der Waals surface area contributed by atoms with Crippen LogP contribution in [0.2, 0.25) is 0 Å². The van der Waals surface area contributed by atoms with Gasteiger partial charge in [-0.25, -0.2) is 4.79 Å². The molecule has 0 spiro atoms. The molecule has 0 rings (SSSR count). The Kier molecular flexibility index (Phi) is 37.2. The van der Waals surface area contributed by atoms with E-state index in [4.69, 9.17) is 56.7 Å². The lowest BCUT2D eigenvalue weighted by Crippen LogP contribution is -2.61. The number of aliphatic carboxylic acids is 2. The maximum Gasteiger partial charge on any atom is 0.326 e. The van der Waals surface area contributed by atoms with Gasteiger partial charge in [0.2, 0.25) is 76.8 Å². The lowest BCUT2D eigenvalue weighted by atomic mass is 9.96. The molecule has 89 heavy (non-hydrogen) atoms. The molecule has 13 amide bonds. The molecule has 0 unspecified atom stereocenters. The summed E-state index contributed by atoms with van der Waals surface area (Å²) in [5.41, 5.74) is 49.1. The summed E-state index contributed by atoms with van der Waals surface area (Å²) in [6.07, 6.45) is -4.85. The summed E-state index contributed by atoms with van der Waals surface area (Å²) in [7, 11) is 0. The second kappa shape index (κ2) is 41.6. The Balaban J connectivity index is 7.15. The van der Waals surface area contributed by atoms with Crippen LogP contribution in [0.25, 0.3) is 0 Å². The van der Waals surface area contributed by atoms with Gasteiger partial charge in [-0.2, -0.15) is 0 Å². The fourth-order valence-electron chi connectivity index (χ4n) is 8.13. The van der Waals surface area contributed by atoms with Gasteiger partial charge in [-0.15, -0.1) is 0 Å². The first kappa shape index (κ1) is 79.5. The molecule has 0 heterocycles. The van der Waals surface area contributed by atoms with Crippen LogP contribution < -0.4 is 99.5 Å². The molecule has 0 saturated carbocycles. The molecular weight excluding hydrogens is 1180 g/mol. The molecule has 0 saturated heterocycles. The maximum absolute atomic E-state index is 14.4. The van der Waals surface area contributed by atoms with Crippen molar-refractivity contribution >= 4 is 101 Å². The normalized spacial score (nSPS) is 14.6. The van der Waals surface area contributed by atoms with E-state index in [-0.39, 0.29) is 88.7 Å². The molecule has 37 nitrogen and oxygen atoms in total. The Labute approximate surface area is 513 Å². The van der Waals surface area contributed by atoms with E-state index in [1.165, 1.54) is 13.8 Å². The van der Waals surface area contributed by atoms with Gasteiger partial charge in [0.1, 0.15) is 54.4 Å². The van der Waals surface area contributed by atoms with E-state index in [0.717, 1.165) is 0 Å². The highest BCUT2D eigenvalue weighted by Gasteiger charge is 2.37. The number of amides is 13. The highest BCUT2D eigenvalue weighted by Crippen LogP contribution is 2.14. The number of primary amides is 4. The molecule has 37 heteroatoms. The van der Waals surface area contributed by atoms with Crippen molar-refractivity contribution in [2.24, 2.45) is 73.4 Å². The van der Waals surface area contributed by atoms with Crippen LogP contribution in [0.4, 0.5) is 0 Å². The third-order valence-electron chi connectivity index (χ3n) is 13.3. The van der Waals surface area contributed by atoms with Gasteiger partial charge in [-0.3, -0.25) is 77.1 Å². The van der Waals surface area contributed by atoms with Crippen LogP contribution in [0, 0.1) is 11.8 Å². The van der Waals surface area contributed by atoms with Crippen LogP contribution in [0.3, 0.4) is 0 Å². The van der Waals surface area contributed by atoms with E-state index < -0.39 is 200 Å². The van der Waals surface area contributed by atoms with Crippen molar-refractivity contribution in [2.75, 3.05) is 13.1 Å². The number of nitrogens with zero attached hydrogens (tertiary/aromatic N) is 2. The quantitative estimate of drug-likeness (QED) is 0.0153. The first-order chi connectivity index (χ1) is 41.5. The summed E-state index contributed by atoms with van der Waals surface area (Å²) >= 11 is 0. The molecule has 0 aliphatic rings. The molecular formula is C52H92N20O17. The Bertz CT molecular complexity index is 2540. The lowest BCUT2D eigenvalue weighted by Gasteiger charge is -2.30. The van der Waals surface area contributed by atoms with Gasteiger partial charge in [0.25, 0.3) is 0 Å². The number of carboxylic acid groups (broad SMARTS) is 2. The van der Waals surface area contributed by atoms with Gasteiger partial charge >= 0.3 is 11.9 Å². The molecule has 11 atom stereocenters. The van der Waals surface area contributed by atoms with E-state index in [9.17, 15) is 77.0 Å². The summed E-state index contributed by atoms with van der Waals surface area (Å²) in [5.74, 6) is -17.2. The summed E-state index contributed by atoms with van der Waals surface area (Å²) in [6, 6.07) is -15.4. The zero-order valence-corrected chi connectivity index (χ0v) is 50.8. The number of carbonyl (C=O) groups excluding carboxylic acids is 13. The first-order valence-corrected chi connectivity index (χ1v) is 28.7. The molecule has 29 N–H and O–H groups in total. The SMILES string of the molecule is CC[C@H](C)[C@H](NC(=O)[C@H](CCC(N)=O)NC(=O)[C@H](CCCN=C(N)N)NC(=O)[C@H](CCC(N)=O)NC(=O)[C@H](CCCN=C(N)N)NC(=O)[C@@H](N)CCC(=O)O)C(=O)N[C@@H](CCC(N)=O)C(=O)N[C@@H](CC(C)C)C(=O)N[C@@H](C)C(=O)N[C@@H](CCC(N)=O)C(=O)O. The number of guanidine groups is 2. The van der Waals surface area contributed by atoms with Gasteiger partial charge in [0, 0.05) is 45.2 Å². The average Bonchev–Trinajstić information content (AvgIpc) is 2.41. The first-order valence-electron chi connectivity index (χ1n) is 28.7. The predicted molar refractivity (Wildman–Crippen MR) is 318 cm³/mol. The summed E-state index contributed by atoms with van der Waals surface area (Å²) in [6.45, 7) is 7.64. The molecule has 0 aliphatic carbocycles. The standard InChI is InChI=1S/C52H92N20O17/c1-6-25(4)40(49(87)69-31(13-17-36(55)74)46(84)71-34(23-24(2)3)48(86)64-26(5)41(79)70-33(50(88)89)15-19-38(57)76)72-47(85)32(14-18-37(56)75)68-44(82)29(10-8-22-63-52(60)61)66-45(83)30(12-16-35(54)73)67-43(81)28(9-7-21-62-51(58)59)65-42(80)27(53)11-20-39(77)78/h24-34,40H,6-23,53H2,1-5H3,(H2,54,73)(H2,55,74)(H2,56,75)(H2,57,76)(H,64,86)(H,65,80)(H,66,83)(H,67,81)(H,68,82)(H,69,87)(H,70,79)(H,71,84)(H,72,85)(H,77,78)(H,88,89)(H4,58,59,62)(H4,60,61,63)/t25-,26-,27-,28-,29-,30-,31-,32-,33-,34-,40-/m0/s1. The fraction of sp³-hybridized carbons (Fsp3) is 0.673. The number of carboxylic acids is 2. The van der Waals surface area contributed by atoms with Crippen LogP contribution in [-0.2, 0) is 71.9 Å². The summed E-state index contributed by atoms with van der Waals surface area (Å²) in [5, 5.41) is 40.5. The predicted octanol–water partition coefficient (Wildman–Crippen LogP) is -8.09. The molecule has 0 aliphatic heterocycles. The van der Waals surface area contributed by atoms with Gasteiger partial charge in [0.15, 0.2) is 11.9 Å². The van der Waals surface area contributed by atoms with Crippen LogP contribution in [0.5, 0.6) is 0 Å². The van der Waals surface area contributed by atoms with Crippen LogP contribution in [0.15, 0.2) is 9.98 Å². The van der Waals surface area contributed by atoms with Gasteiger partial charge < -0.3 is 110 Å².